The lowest BCUT2D eigenvalue weighted by Gasteiger charge is -2.42. The van der Waals surface area contributed by atoms with Crippen LogP contribution in [0.4, 0.5) is 0 Å². The van der Waals surface area contributed by atoms with Gasteiger partial charge in [-0.3, -0.25) is 0 Å². The Labute approximate surface area is 123 Å². The van der Waals surface area contributed by atoms with Crippen LogP contribution in [0, 0.1) is 0 Å². The first-order chi connectivity index (χ1) is 9.87. The van der Waals surface area contributed by atoms with E-state index in [9.17, 15) is 4.79 Å². The largest absolute Gasteiger partial charge is 0.487 e. The van der Waals surface area contributed by atoms with Crippen LogP contribution in [-0.4, -0.2) is 18.7 Å². The highest BCUT2D eigenvalue weighted by Gasteiger charge is 2.49. The molecule has 110 valence electrons. The number of nitrogens with two attached hydrogens (primary N) is 1. The first-order valence-corrected chi connectivity index (χ1v) is 6.96. The number of esters is 1. The van der Waals surface area contributed by atoms with Gasteiger partial charge in [-0.05, 0) is 19.2 Å². The minimum atomic E-state index is -1.18. The number of hydrogen-bond donors (Lipinski definition) is 1. The van der Waals surface area contributed by atoms with E-state index in [4.69, 9.17) is 15.2 Å². The summed E-state index contributed by atoms with van der Waals surface area (Å²) in [5.74, 6) is 0.243. The van der Waals surface area contributed by atoms with E-state index < -0.39 is 17.1 Å². The zero-order valence-electron chi connectivity index (χ0n) is 12.5. The van der Waals surface area contributed by atoms with Crippen LogP contribution in [0.1, 0.15) is 25.8 Å². The average Bonchev–Trinajstić information content (AvgIpc) is 2.45. The molecule has 1 unspecified atom stereocenters. The second-order valence-electron chi connectivity index (χ2n) is 6.16. The molecule has 0 aliphatic carbocycles. The number of ether oxygens (including phenoxy) is 2. The molecule has 0 aromatic heterocycles. The molecule has 0 amide bonds. The minimum absolute atomic E-state index is 0.373. The van der Waals surface area contributed by atoms with E-state index in [0.29, 0.717) is 17.7 Å². The summed E-state index contributed by atoms with van der Waals surface area (Å²) in [6.45, 7) is 3.87. The summed E-state index contributed by atoms with van der Waals surface area (Å²) in [7, 11) is 1.36. The summed E-state index contributed by atoms with van der Waals surface area (Å²) in [5, 5.41) is 2.02. The number of carbonyl (C=O) groups is 1. The van der Waals surface area contributed by atoms with Crippen molar-refractivity contribution in [3.63, 3.8) is 0 Å². The Morgan fingerprint density at radius 2 is 1.95 bits per heavy atom. The zero-order valence-corrected chi connectivity index (χ0v) is 12.5. The lowest BCUT2D eigenvalue weighted by Crippen LogP contribution is -2.54. The van der Waals surface area contributed by atoms with Crippen LogP contribution < -0.4 is 10.5 Å². The monoisotopic (exact) mass is 285 g/mol. The lowest BCUT2D eigenvalue weighted by atomic mass is 9.77. The fourth-order valence-corrected chi connectivity index (χ4v) is 3.15. The van der Waals surface area contributed by atoms with E-state index in [2.05, 4.69) is 0 Å². The summed E-state index contributed by atoms with van der Waals surface area (Å²) in [6.07, 6.45) is 0.373. The van der Waals surface area contributed by atoms with Crippen molar-refractivity contribution in [1.82, 2.24) is 0 Å². The van der Waals surface area contributed by atoms with Crippen LogP contribution in [0.2, 0.25) is 0 Å². The Morgan fingerprint density at radius 3 is 2.67 bits per heavy atom. The Balaban J connectivity index is 2.32. The van der Waals surface area contributed by atoms with Gasteiger partial charge in [-0.2, -0.15) is 0 Å². The highest BCUT2D eigenvalue weighted by Crippen LogP contribution is 2.46. The van der Waals surface area contributed by atoms with Gasteiger partial charge in [0.2, 0.25) is 0 Å². The molecule has 2 N–H and O–H groups in total. The molecule has 2 aromatic carbocycles. The van der Waals surface area contributed by atoms with Gasteiger partial charge in [0.1, 0.15) is 16.9 Å². The summed E-state index contributed by atoms with van der Waals surface area (Å²) in [6, 6.07) is 11.7. The standard InChI is InChI=1S/C17H19NO3/c1-16(2)10-17(18,15(19)20-3)13-9-8-11-6-4-5-7-12(11)14(13)21-16/h4-9H,10,18H2,1-3H3. The fourth-order valence-electron chi connectivity index (χ4n) is 3.15. The van der Waals surface area contributed by atoms with Gasteiger partial charge in [-0.25, -0.2) is 4.79 Å². The van der Waals surface area contributed by atoms with Gasteiger partial charge < -0.3 is 15.2 Å². The highest BCUT2D eigenvalue weighted by molar-refractivity contribution is 5.94. The quantitative estimate of drug-likeness (QED) is 0.818. The van der Waals surface area contributed by atoms with Crippen molar-refractivity contribution in [2.75, 3.05) is 7.11 Å². The maximum absolute atomic E-state index is 12.3. The van der Waals surface area contributed by atoms with Crippen molar-refractivity contribution in [2.24, 2.45) is 5.73 Å². The van der Waals surface area contributed by atoms with E-state index in [1.807, 2.05) is 50.2 Å². The van der Waals surface area contributed by atoms with Crippen LogP contribution in [0.15, 0.2) is 36.4 Å². The Bertz CT molecular complexity index is 723. The molecule has 21 heavy (non-hydrogen) atoms. The van der Waals surface area contributed by atoms with Gasteiger partial charge in [0.05, 0.1) is 7.11 Å². The number of benzene rings is 2. The van der Waals surface area contributed by atoms with Crippen LogP contribution in [0.5, 0.6) is 5.75 Å². The van der Waals surface area contributed by atoms with Gasteiger partial charge in [0.25, 0.3) is 0 Å². The van der Waals surface area contributed by atoms with Gasteiger partial charge in [0.15, 0.2) is 0 Å². The molecule has 0 spiro atoms. The van der Waals surface area contributed by atoms with Crippen molar-refractivity contribution < 1.29 is 14.3 Å². The topological polar surface area (TPSA) is 61.5 Å². The summed E-state index contributed by atoms with van der Waals surface area (Å²) >= 11 is 0. The second kappa shape index (κ2) is 4.46. The molecule has 0 saturated heterocycles. The van der Waals surface area contributed by atoms with Crippen molar-refractivity contribution >= 4 is 16.7 Å². The smallest absolute Gasteiger partial charge is 0.330 e. The third kappa shape index (κ3) is 2.07. The van der Waals surface area contributed by atoms with Gasteiger partial charge in [-0.1, -0.05) is 36.4 Å². The van der Waals surface area contributed by atoms with E-state index in [-0.39, 0.29) is 0 Å². The number of carbonyl (C=O) groups excluding carboxylic acids is 1. The van der Waals surface area contributed by atoms with Crippen LogP contribution >= 0.6 is 0 Å². The molecule has 0 radical (unpaired) electrons. The lowest BCUT2D eigenvalue weighted by molar-refractivity contribution is -0.151. The Hall–Kier alpha value is -2.07. The minimum Gasteiger partial charge on any atom is -0.487 e. The molecule has 1 aliphatic heterocycles. The second-order valence-corrected chi connectivity index (χ2v) is 6.16. The average molecular weight is 285 g/mol. The maximum atomic E-state index is 12.3. The number of fused-ring (bicyclic) bond motifs is 3. The molecular formula is C17H19NO3. The molecule has 0 saturated carbocycles. The third-order valence-corrected chi connectivity index (χ3v) is 3.99. The Morgan fingerprint density at radius 1 is 1.24 bits per heavy atom. The molecule has 3 rings (SSSR count). The highest BCUT2D eigenvalue weighted by atomic mass is 16.5. The van der Waals surface area contributed by atoms with Crippen molar-refractivity contribution in [2.45, 2.75) is 31.4 Å². The molecule has 4 nitrogen and oxygen atoms in total. The zero-order chi connectivity index (χ0) is 15.3. The maximum Gasteiger partial charge on any atom is 0.330 e. The van der Waals surface area contributed by atoms with Gasteiger partial charge in [0, 0.05) is 17.4 Å². The Kier molecular flexibility index (Phi) is 2.95. The van der Waals surface area contributed by atoms with Crippen molar-refractivity contribution in [3.05, 3.63) is 42.0 Å². The summed E-state index contributed by atoms with van der Waals surface area (Å²) in [4.78, 5) is 12.3. The number of hydrogen-bond acceptors (Lipinski definition) is 4. The van der Waals surface area contributed by atoms with E-state index in [1.54, 1.807) is 0 Å². The molecule has 2 aromatic rings. The normalized spacial score (nSPS) is 23.2. The van der Waals surface area contributed by atoms with Gasteiger partial charge in [-0.15, -0.1) is 0 Å². The summed E-state index contributed by atoms with van der Waals surface area (Å²) in [5.41, 5.74) is 5.40. The first kappa shape index (κ1) is 13.9. The van der Waals surface area contributed by atoms with Crippen LogP contribution in [0.25, 0.3) is 10.8 Å². The number of methoxy groups -OCH3 is 1. The molecule has 1 heterocycles. The van der Waals surface area contributed by atoms with Crippen LogP contribution in [0.3, 0.4) is 0 Å². The molecule has 1 aliphatic rings. The SMILES string of the molecule is COC(=O)C1(N)CC(C)(C)Oc2c1ccc1ccccc21. The molecule has 4 heteroatoms. The van der Waals surface area contributed by atoms with Crippen molar-refractivity contribution in [1.29, 1.82) is 0 Å². The van der Waals surface area contributed by atoms with E-state index in [1.165, 1.54) is 7.11 Å². The molecule has 0 bridgehead atoms. The molecule has 1 atom stereocenters. The predicted molar refractivity (Wildman–Crippen MR) is 81.2 cm³/mol. The first-order valence-electron chi connectivity index (χ1n) is 6.96. The number of rotatable bonds is 1. The molecular weight excluding hydrogens is 266 g/mol. The van der Waals surface area contributed by atoms with E-state index >= 15 is 0 Å². The summed E-state index contributed by atoms with van der Waals surface area (Å²) < 4.78 is 11.1. The fraction of sp³-hybridized carbons (Fsp3) is 0.353. The predicted octanol–water partition coefficient (Wildman–Crippen LogP) is 2.73. The van der Waals surface area contributed by atoms with E-state index in [0.717, 1.165) is 10.8 Å². The van der Waals surface area contributed by atoms with Crippen LogP contribution in [-0.2, 0) is 15.1 Å². The van der Waals surface area contributed by atoms with Crippen molar-refractivity contribution in [3.8, 4) is 5.75 Å². The third-order valence-electron chi connectivity index (χ3n) is 3.99. The molecule has 0 fully saturated rings. The van der Waals surface area contributed by atoms with Gasteiger partial charge >= 0.3 is 5.97 Å².